The third-order valence-corrected chi connectivity index (χ3v) is 4.21. The minimum absolute atomic E-state index is 0.127. The lowest BCUT2D eigenvalue weighted by atomic mass is 10.0. The maximum Gasteiger partial charge on any atom is 0.128 e. The van der Waals surface area contributed by atoms with Crippen LogP contribution in [0.25, 0.3) is 0 Å². The Morgan fingerprint density at radius 3 is 2.74 bits per heavy atom. The highest BCUT2D eigenvalue weighted by molar-refractivity contribution is 7.12. The molecule has 1 heterocycles. The van der Waals surface area contributed by atoms with E-state index in [1.165, 1.54) is 10.9 Å². The smallest absolute Gasteiger partial charge is 0.128 e. The highest BCUT2D eigenvalue weighted by Gasteiger charge is 2.19. The van der Waals surface area contributed by atoms with E-state index >= 15 is 0 Å². The van der Waals surface area contributed by atoms with Gasteiger partial charge in [-0.05, 0) is 50.2 Å². The number of nitrogens with one attached hydrogen (secondary N) is 1. The van der Waals surface area contributed by atoms with Crippen LogP contribution in [0.4, 0.5) is 4.39 Å². The zero-order valence-corrected chi connectivity index (χ0v) is 12.6. The van der Waals surface area contributed by atoms with Crippen molar-refractivity contribution in [2.45, 2.75) is 26.3 Å². The summed E-state index contributed by atoms with van der Waals surface area (Å²) < 4.78 is 14.0. The Balaban J connectivity index is 2.39. The van der Waals surface area contributed by atoms with Gasteiger partial charge in [0.05, 0.1) is 6.04 Å². The van der Waals surface area contributed by atoms with Crippen LogP contribution in [0.3, 0.4) is 0 Å². The fourth-order valence-corrected chi connectivity index (χ4v) is 3.15. The second-order valence-electron chi connectivity index (χ2n) is 4.50. The van der Waals surface area contributed by atoms with Crippen LogP contribution in [0.2, 0.25) is 5.02 Å². The first-order valence-corrected chi connectivity index (χ1v) is 7.56. The van der Waals surface area contributed by atoms with Crippen molar-refractivity contribution >= 4 is 22.9 Å². The van der Waals surface area contributed by atoms with Crippen molar-refractivity contribution in [2.75, 3.05) is 6.54 Å². The average molecular weight is 298 g/mol. The maximum absolute atomic E-state index is 14.0. The molecule has 0 aliphatic carbocycles. The lowest BCUT2D eigenvalue weighted by Crippen LogP contribution is -2.23. The summed E-state index contributed by atoms with van der Waals surface area (Å²) in [6, 6.07) is 8.70. The first-order valence-electron chi connectivity index (χ1n) is 6.36. The molecule has 1 aromatic carbocycles. The molecule has 1 unspecified atom stereocenters. The Morgan fingerprint density at radius 2 is 2.11 bits per heavy atom. The molecule has 2 aromatic rings. The first kappa shape index (κ1) is 14.5. The summed E-state index contributed by atoms with van der Waals surface area (Å²) in [6.45, 7) is 4.99. The number of rotatable bonds is 5. The first-order chi connectivity index (χ1) is 9.11. The van der Waals surface area contributed by atoms with E-state index in [1.807, 2.05) is 6.07 Å². The second-order valence-corrected chi connectivity index (χ2v) is 6.26. The highest BCUT2D eigenvalue weighted by atomic mass is 35.5. The van der Waals surface area contributed by atoms with Gasteiger partial charge >= 0.3 is 0 Å². The third kappa shape index (κ3) is 3.56. The summed E-state index contributed by atoms with van der Waals surface area (Å²) in [4.78, 5) is 2.34. The Bertz CT molecular complexity index is 553. The third-order valence-electron chi connectivity index (χ3n) is 2.91. The van der Waals surface area contributed by atoms with E-state index in [0.717, 1.165) is 17.8 Å². The Morgan fingerprint density at radius 1 is 1.32 bits per heavy atom. The van der Waals surface area contributed by atoms with Crippen molar-refractivity contribution in [2.24, 2.45) is 0 Å². The van der Waals surface area contributed by atoms with Crippen LogP contribution in [0.15, 0.2) is 30.3 Å². The summed E-state index contributed by atoms with van der Waals surface area (Å²) in [6.07, 6.45) is 1.00. The lowest BCUT2D eigenvalue weighted by molar-refractivity contribution is 0.551. The summed E-state index contributed by atoms with van der Waals surface area (Å²) >= 11 is 7.68. The van der Waals surface area contributed by atoms with Gasteiger partial charge in [-0.2, -0.15) is 0 Å². The van der Waals surface area contributed by atoms with Crippen LogP contribution in [0.5, 0.6) is 0 Å². The van der Waals surface area contributed by atoms with E-state index in [9.17, 15) is 4.39 Å². The number of benzene rings is 1. The monoisotopic (exact) mass is 297 g/mol. The topological polar surface area (TPSA) is 12.0 Å². The van der Waals surface area contributed by atoms with E-state index in [4.69, 9.17) is 11.6 Å². The zero-order valence-electron chi connectivity index (χ0n) is 11.0. The maximum atomic E-state index is 14.0. The molecule has 0 amide bonds. The molecular formula is C15H17ClFNS. The number of thiophene rings is 1. The molecule has 0 saturated carbocycles. The number of aryl methyl sites for hydroxylation is 1. The summed E-state index contributed by atoms with van der Waals surface area (Å²) in [7, 11) is 0. The van der Waals surface area contributed by atoms with E-state index in [-0.39, 0.29) is 11.9 Å². The van der Waals surface area contributed by atoms with E-state index in [2.05, 4.69) is 25.2 Å². The zero-order chi connectivity index (χ0) is 13.8. The van der Waals surface area contributed by atoms with Crippen molar-refractivity contribution in [3.05, 3.63) is 56.5 Å². The summed E-state index contributed by atoms with van der Waals surface area (Å²) in [5.74, 6) is -0.218. The van der Waals surface area contributed by atoms with Gasteiger partial charge in [-0.3, -0.25) is 0 Å². The molecular weight excluding hydrogens is 281 g/mol. The van der Waals surface area contributed by atoms with Crippen LogP contribution in [0.1, 0.15) is 34.7 Å². The molecule has 1 aromatic heterocycles. The normalized spacial score (nSPS) is 12.6. The Labute approximate surface area is 122 Å². The van der Waals surface area contributed by atoms with Gasteiger partial charge in [-0.15, -0.1) is 11.3 Å². The Kier molecular flexibility index (Phi) is 4.97. The van der Waals surface area contributed by atoms with Gasteiger partial charge < -0.3 is 5.32 Å². The Hall–Kier alpha value is -0.900. The van der Waals surface area contributed by atoms with Gasteiger partial charge in [0.1, 0.15) is 5.82 Å². The average Bonchev–Trinajstić information content (AvgIpc) is 2.80. The minimum atomic E-state index is -0.218. The van der Waals surface area contributed by atoms with Gasteiger partial charge in [0, 0.05) is 20.3 Å². The predicted octanol–water partition coefficient (Wildman–Crippen LogP) is 4.94. The number of halogens is 2. The number of hydrogen-bond acceptors (Lipinski definition) is 2. The molecule has 0 radical (unpaired) electrons. The van der Waals surface area contributed by atoms with Gasteiger partial charge in [0.15, 0.2) is 0 Å². The largest absolute Gasteiger partial charge is 0.306 e. The molecule has 1 nitrogen and oxygen atoms in total. The fraction of sp³-hybridized carbons (Fsp3) is 0.333. The molecule has 0 spiro atoms. The second kappa shape index (κ2) is 6.51. The molecule has 0 bridgehead atoms. The van der Waals surface area contributed by atoms with Crippen LogP contribution in [0, 0.1) is 12.7 Å². The van der Waals surface area contributed by atoms with Gasteiger partial charge in [-0.25, -0.2) is 4.39 Å². The quantitative estimate of drug-likeness (QED) is 0.824. The predicted molar refractivity (Wildman–Crippen MR) is 80.6 cm³/mol. The molecule has 2 rings (SSSR count). The lowest BCUT2D eigenvalue weighted by Gasteiger charge is -2.18. The van der Waals surface area contributed by atoms with Crippen LogP contribution in [-0.2, 0) is 0 Å². The van der Waals surface area contributed by atoms with E-state index in [0.29, 0.717) is 10.6 Å². The van der Waals surface area contributed by atoms with E-state index in [1.54, 1.807) is 23.5 Å². The van der Waals surface area contributed by atoms with Gasteiger partial charge in [0.2, 0.25) is 0 Å². The molecule has 102 valence electrons. The number of hydrogen-bond donors (Lipinski definition) is 1. The molecule has 0 aliphatic rings. The van der Waals surface area contributed by atoms with E-state index < -0.39 is 0 Å². The van der Waals surface area contributed by atoms with Crippen molar-refractivity contribution in [1.29, 1.82) is 0 Å². The summed E-state index contributed by atoms with van der Waals surface area (Å²) in [5, 5.41) is 3.96. The van der Waals surface area contributed by atoms with Crippen LogP contribution >= 0.6 is 22.9 Å². The highest BCUT2D eigenvalue weighted by Crippen LogP contribution is 2.31. The SMILES string of the molecule is CCCNC(c1ccc(C)s1)c1cc(Cl)ccc1F. The fourth-order valence-electron chi connectivity index (χ4n) is 2.00. The van der Waals surface area contributed by atoms with Crippen LogP contribution < -0.4 is 5.32 Å². The van der Waals surface area contributed by atoms with Crippen molar-refractivity contribution in [1.82, 2.24) is 5.32 Å². The minimum Gasteiger partial charge on any atom is -0.306 e. The molecule has 19 heavy (non-hydrogen) atoms. The standard InChI is InChI=1S/C15H17ClFNS/c1-3-8-18-15(14-7-4-10(2)19-14)12-9-11(16)5-6-13(12)17/h4-7,9,15,18H,3,8H2,1-2H3. The van der Waals surface area contributed by atoms with Crippen LogP contribution in [-0.4, -0.2) is 6.54 Å². The molecule has 1 atom stereocenters. The molecule has 4 heteroatoms. The summed E-state index contributed by atoms with van der Waals surface area (Å²) in [5.41, 5.74) is 0.614. The van der Waals surface area contributed by atoms with Crippen molar-refractivity contribution in [3.8, 4) is 0 Å². The molecule has 0 aliphatic heterocycles. The van der Waals surface area contributed by atoms with Gasteiger partial charge in [0.25, 0.3) is 0 Å². The van der Waals surface area contributed by atoms with Crippen molar-refractivity contribution in [3.63, 3.8) is 0 Å². The molecule has 0 saturated heterocycles. The molecule has 1 N–H and O–H groups in total. The van der Waals surface area contributed by atoms with Gasteiger partial charge in [-0.1, -0.05) is 18.5 Å². The van der Waals surface area contributed by atoms with Crippen molar-refractivity contribution < 1.29 is 4.39 Å². The molecule has 0 fully saturated rings.